The fourth-order valence-electron chi connectivity index (χ4n) is 4.53. The Labute approximate surface area is 145 Å². The average molecular weight is 349 g/mol. The number of benzene rings is 1. The van der Waals surface area contributed by atoms with Crippen molar-refractivity contribution in [2.75, 3.05) is 13.2 Å². The molecule has 3 atom stereocenters. The maximum Gasteiger partial charge on any atom is 0.0699 e. The van der Waals surface area contributed by atoms with E-state index in [9.17, 15) is 0 Å². The summed E-state index contributed by atoms with van der Waals surface area (Å²) in [5.74, 6) is 0. The summed E-state index contributed by atoms with van der Waals surface area (Å²) in [6.45, 7) is 6.94. The SMILES string of the molecule is C[SiH](C)C1(C([SiH2]C2CCCCO2)c2ccccc2)CCCCO1. The third kappa shape index (κ3) is 3.98. The molecule has 0 bridgehead atoms. The van der Waals surface area contributed by atoms with Crippen LogP contribution in [0.1, 0.15) is 49.6 Å². The van der Waals surface area contributed by atoms with Gasteiger partial charge in [-0.1, -0.05) is 43.4 Å². The summed E-state index contributed by atoms with van der Waals surface area (Å²) < 4.78 is 12.8. The lowest BCUT2D eigenvalue weighted by Gasteiger charge is -2.47. The maximum atomic E-state index is 6.63. The van der Waals surface area contributed by atoms with Crippen molar-refractivity contribution in [3.05, 3.63) is 35.9 Å². The first-order valence-corrected chi connectivity index (χ1v) is 14.0. The lowest BCUT2D eigenvalue weighted by atomic mass is 9.99. The van der Waals surface area contributed by atoms with Crippen LogP contribution >= 0.6 is 0 Å². The molecule has 2 saturated heterocycles. The molecule has 2 nitrogen and oxygen atoms in total. The molecule has 3 unspecified atom stereocenters. The van der Waals surface area contributed by atoms with Gasteiger partial charge in [0.05, 0.1) is 23.5 Å². The zero-order valence-electron chi connectivity index (χ0n) is 14.8. The first-order valence-electron chi connectivity index (χ1n) is 9.53. The molecule has 2 fully saturated rings. The summed E-state index contributed by atoms with van der Waals surface area (Å²) >= 11 is 0. The van der Waals surface area contributed by atoms with Gasteiger partial charge in [-0.2, -0.15) is 0 Å². The van der Waals surface area contributed by atoms with Crippen LogP contribution < -0.4 is 0 Å². The van der Waals surface area contributed by atoms with Crippen LogP contribution in [-0.4, -0.2) is 42.5 Å². The second-order valence-corrected chi connectivity index (χ2v) is 13.1. The monoisotopic (exact) mass is 348 g/mol. The largest absolute Gasteiger partial charge is 0.382 e. The molecule has 4 heteroatoms. The van der Waals surface area contributed by atoms with E-state index in [4.69, 9.17) is 9.47 Å². The Morgan fingerprint density at radius 2 is 1.87 bits per heavy atom. The topological polar surface area (TPSA) is 18.5 Å². The van der Waals surface area contributed by atoms with Crippen molar-refractivity contribution in [2.24, 2.45) is 0 Å². The molecule has 0 spiro atoms. The summed E-state index contributed by atoms with van der Waals surface area (Å²) in [6.07, 6.45) is 7.75. The van der Waals surface area contributed by atoms with E-state index in [1.54, 1.807) is 0 Å². The highest BCUT2D eigenvalue weighted by atomic mass is 28.3. The quantitative estimate of drug-likeness (QED) is 0.760. The predicted molar refractivity (Wildman–Crippen MR) is 103 cm³/mol. The van der Waals surface area contributed by atoms with Gasteiger partial charge < -0.3 is 9.47 Å². The summed E-state index contributed by atoms with van der Waals surface area (Å²) in [7, 11) is -1.31. The predicted octanol–water partition coefficient (Wildman–Crippen LogP) is 3.39. The van der Waals surface area contributed by atoms with Gasteiger partial charge in [0.1, 0.15) is 0 Å². The van der Waals surface area contributed by atoms with Gasteiger partial charge in [0.2, 0.25) is 0 Å². The number of hydrogen-bond acceptors (Lipinski definition) is 2. The van der Waals surface area contributed by atoms with Crippen molar-refractivity contribution in [1.82, 2.24) is 0 Å². The molecule has 2 heterocycles. The molecular formula is C19H32O2Si2. The van der Waals surface area contributed by atoms with Gasteiger partial charge in [0, 0.05) is 24.5 Å². The Kier molecular flexibility index (Phi) is 6.13. The van der Waals surface area contributed by atoms with E-state index in [0.29, 0.717) is 11.3 Å². The highest BCUT2D eigenvalue weighted by molar-refractivity contribution is 6.61. The first kappa shape index (κ1) is 17.4. The van der Waals surface area contributed by atoms with Crippen molar-refractivity contribution >= 4 is 18.3 Å². The second-order valence-electron chi connectivity index (χ2n) is 7.60. The van der Waals surface area contributed by atoms with Crippen LogP contribution in [0, 0.1) is 0 Å². The van der Waals surface area contributed by atoms with E-state index in [2.05, 4.69) is 43.4 Å². The van der Waals surface area contributed by atoms with E-state index in [1.165, 1.54) is 44.1 Å². The zero-order chi connectivity index (χ0) is 16.1. The molecule has 0 saturated carbocycles. The van der Waals surface area contributed by atoms with E-state index < -0.39 is 8.80 Å². The van der Waals surface area contributed by atoms with Crippen LogP contribution in [0.2, 0.25) is 13.1 Å². The Hall–Kier alpha value is -0.426. The Balaban J connectivity index is 1.89. The molecule has 128 valence electrons. The van der Waals surface area contributed by atoms with Crippen LogP contribution in [0.4, 0.5) is 0 Å². The van der Waals surface area contributed by atoms with Gasteiger partial charge in [0.15, 0.2) is 0 Å². The molecule has 0 amide bonds. The van der Waals surface area contributed by atoms with Crippen molar-refractivity contribution in [2.45, 2.75) is 68.1 Å². The molecule has 1 aromatic rings. The van der Waals surface area contributed by atoms with Crippen molar-refractivity contribution in [1.29, 1.82) is 0 Å². The molecule has 3 rings (SSSR count). The summed E-state index contributed by atoms with van der Waals surface area (Å²) in [4.78, 5) is 0. The van der Waals surface area contributed by atoms with Gasteiger partial charge in [-0.05, 0) is 44.1 Å². The number of hydrogen-bond donors (Lipinski definition) is 0. The third-order valence-corrected chi connectivity index (χ3v) is 12.0. The van der Waals surface area contributed by atoms with E-state index in [1.807, 2.05) is 0 Å². The van der Waals surface area contributed by atoms with Crippen molar-refractivity contribution in [3.8, 4) is 0 Å². The van der Waals surface area contributed by atoms with Gasteiger partial charge in [-0.15, -0.1) is 0 Å². The van der Waals surface area contributed by atoms with Crippen LogP contribution in [0.25, 0.3) is 0 Å². The summed E-state index contributed by atoms with van der Waals surface area (Å²) in [5.41, 5.74) is 2.72. The van der Waals surface area contributed by atoms with Gasteiger partial charge in [-0.25, -0.2) is 0 Å². The molecule has 0 aromatic heterocycles. The standard InChI is InChI=1S/C19H32O2Si2/c1-23(2)19(13-7-9-15-21-19)18(16-10-4-3-5-11-16)22-17-12-6-8-14-20-17/h3-5,10-11,17-18,23H,6-9,12-15,22H2,1-2H3. The fourth-order valence-corrected chi connectivity index (χ4v) is 11.2. The third-order valence-electron chi connectivity index (χ3n) is 5.87. The van der Waals surface area contributed by atoms with Crippen LogP contribution in [0.15, 0.2) is 30.3 Å². The normalized spacial score (nSPS) is 30.8. The van der Waals surface area contributed by atoms with E-state index in [0.717, 1.165) is 13.2 Å². The Morgan fingerprint density at radius 1 is 1.09 bits per heavy atom. The van der Waals surface area contributed by atoms with Crippen molar-refractivity contribution in [3.63, 3.8) is 0 Å². The minimum absolute atomic E-state index is 0.173. The van der Waals surface area contributed by atoms with Gasteiger partial charge in [0.25, 0.3) is 0 Å². The summed E-state index contributed by atoms with van der Waals surface area (Å²) in [6, 6.07) is 11.2. The average Bonchev–Trinajstić information content (AvgIpc) is 2.62. The smallest absolute Gasteiger partial charge is 0.0699 e. The minimum atomic E-state index is -0.930. The highest BCUT2D eigenvalue weighted by Crippen LogP contribution is 2.41. The number of ether oxygens (including phenoxy) is 2. The van der Waals surface area contributed by atoms with Gasteiger partial charge in [-0.3, -0.25) is 0 Å². The first-order chi connectivity index (χ1) is 11.2. The number of rotatable bonds is 5. The molecule has 2 aliphatic rings. The minimum Gasteiger partial charge on any atom is -0.382 e. The summed E-state index contributed by atoms with van der Waals surface area (Å²) in [5, 5.41) is 0.173. The molecular weight excluding hydrogens is 316 g/mol. The lowest BCUT2D eigenvalue weighted by Crippen LogP contribution is -2.55. The maximum absolute atomic E-state index is 6.63. The van der Waals surface area contributed by atoms with Crippen molar-refractivity contribution < 1.29 is 9.47 Å². The second kappa shape index (κ2) is 8.10. The highest BCUT2D eigenvalue weighted by Gasteiger charge is 2.45. The van der Waals surface area contributed by atoms with Gasteiger partial charge >= 0.3 is 0 Å². The molecule has 0 aliphatic carbocycles. The zero-order valence-corrected chi connectivity index (χ0v) is 17.4. The van der Waals surface area contributed by atoms with Crippen LogP contribution in [0.3, 0.4) is 0 Å². The molecule has 0 radical (unpaired) electrons. The molecule has 0 N–H and O–H groups in total. The molecule has 2 aliphatic heterocycles. The van der Waals surface area contributed by atoms with E-state index in [-0.39, 0.29) is 14.7 Å². The Bertz CT molecular complexity index is 466. The Morgan fingerprint density at radius 3 is 2.48 bits per heavy atom. The van der Waals surface area contributed by atoms with Crippen LogP contribution in [-0.2, 0) is 9.47 Å². The molecule has 1 aromatic carbocycles. The lowest BCUT2D eigenvalue weighted by molar-refractivity contribution is -0.0284. The fraction of sp³-hybridized carbons (Fsp3) is 0.684. The molecule has 23 heavy (non-hydrogen) atoms. The van der Waals surface area contributed by atoms with E-state index >= 15 is 0 Å². The van der Waals surface area contributed by atoms with Crippen LogP contribution in [0.5, 0.6) is 0 Å².